The molecular weight excluding hydrogens is 409 g/mol. The standard InChI is InChI=1S/C18H13Cl2N3O5/c1-10-14(9-27-13-4-2-3-11(19)7-13)17(22-28-10)18(24)21-16-8-12(23(25)26)5-6-15(16)20/h2-8H,9H2,1H3,(H,21,24). The summed E-state index contributed by atoms with van der Waals surface area (Å²) in [5.74, 6) is 0.280. The number of amides is 1. The predicted octanol–water partition coefficient (Wildman–Crippen LogP) is 5.03. The first-order chi connectivity index (χ1) is 13.3. The SMILES string of the molecule is Cc1onc(C(=O)Nc2cc([N+](=O)[O-])ccc2Cl)c1COc1cccc(Cl)c1. The molecule has 1 N–H and O–H groups in total. The molecule has 0 fully saturated rings. The van der Waals surface area contributed by atoms with Crippen LogP contribution in [0.1, 0.15) is 21.8 Å². The first kappa shape index (κ1) is 19.7. The third-order valence-corrected chi connectivity index (χ3v) is 4.35. The second-order valence-electron chi connectivity index (χ2n) is 5.69. The fraction of sp³-hybridized carbons (Fsp3) is 0.111. The molecule has 3 rings (SSSR count). The number of nitro groups is 1. The van der Waals surface area contributed by atoms with Crippen LogP contribution in [0.5, 0.6) is 5.75 Å². The molecule has 0 saturated carbocycles. The molecule has 1 aromatic heterocycles. The number of hydrogen-bond acceptors (Lipinski definition) is 6. The van der Waals surface area contributed by atoms with Crippen molar-refractivity contribution >= 4 is 40.5 Å². The molecule has 0 atom stereocenters. The van der Waals surface area contributed by atoms with E-state index in [1.165, 1.54) is 12.1 Å². The molecular formula is C18H13Cl2N3O5. The van der Waals surface area contributed by atoms with Crippen molar-refractivity contribution in [1.82, 2.24) is 5.16 Å². The van der Waals surface area contributed by atoms with Gasteiger partial charge in [0, 0.05) is 17.2 Å². The zero-order valence-electron chi connectivity index (χ0n) is 14.4. The number of benzene rings is 2. The molecule has 10 heteroatoms. The summed E-state index contributed by atoms with van der Waals surface area (Å²) in [4.78, 5) is 22.9. The zero-order chi connectivity index (χ0) is 20.3. The summed E-state index contributed by atoms with van der Waals surface area (Å²) >= 11 is 11.9. The molecule has 1 amide bonds. The number of aromatic nitrogens is 1. The monoisotopic (exact) mass is 421 g/mol. The van der Waals surface area contributed by atoms with Crippen molar-refractivity contribution in [2.45, 2.75) is 13.5 Å². The highest BCUT2D eigenvalue weighted by Gasteiger charge is 2.22. The Morgan fingerprint density at radius 2 is 2.07 bits per heavy atom. The van der Waals surface area contributed by atoms with Gasteiger partial charge in [-0.3, -0.25) is 14.9 Å². The van der Waals surface area contributed by atoms with E-state index in [-0.39, 0.29) is 28.7 Å². The van der Waals surface area contributed by atoms with Gasteiger partial charge in [0.05, 0.1) is 21.2 Å². The molecule has 3 aromatic rings. The molecule has 8 nitrogen and oxygen atoms in total. The van der Waals surface area contributed by atoms with Crippen LogP contribution in [0.3, 0.4) is 0 Å². The number of rotatable bonds is 6. The van der Waals surface area contributed by atoms with Gasteiger partial charge in [0.1, 0.15) is 18.1 Å². The number of carbonyl (C=O) groups excluding carboxylic acids is 1. The summed E-state index contributed by atoms with van der Waals surface area (Å²) < 4.78 is 10.7. The van der Waals surface area contributed by atoms with Gasteiger partial charge in [-0.25, -0.2) is 0 Å². The Balaban J connectivity index is 1.80. The highest BCUT2D eigenvalue weighted by atomic mass is 35.5. The number of nitrogens with zero attached hydrogens (tertiary/aromatic N) is 2. The molecule has 0 radical (unpaired) electrons. The number of hydrogen-bond donors (Lipinski definition) is 1. The van der Waals surface area contributed by atoms with Crippen LogP contribution in [0.4, 0.5) is 11.4 Å². The van der Waals surface area contributed by atoms with Crippen molar-refractivity contribution in [2.24, 2.45) is 0 Å². The van der Waals surface area contributed by atoms with Gasteiger partial charge in [-0.1, -0.05) is 34.4 Å². The van der Waals surface area contributed by atoms with E-state index in [2.05, 4.69) is 10.5 Å². The van der Waals surface area contributed by atoms with E-state index in [0.717, 1.165) is 6.07 Å². The quantitative estimate of drug-likeness (QED) is 0.441. The molecule has 0 spiro atoms. The number of ether oxygens (including phenoxy) is 1. The van der Waals surface area contributed by atoms with E-state index in [0.29, 0.717) is 22.1 Å². The van der Waals surface area contributed by atoms with Gasteiger partial charge in [0.25, 0.3) is 11.6 Å². The molecule has 0 saturated heterocycles. The highest BCUT2D eigenvalue weighted by Crippen LogP contribution is 2.28. The average molecular weight is 422 g/mol. The Morgan fingerprint density at radius 1 is 1.29 bits per heavy atom. The third-order valence-electron chi connectivity index (χ3n) is 3.79. The summed E-state index contributed by atoms with van der Waals surface area (Å²) in [5, 5.41) is 17.8. The number of aryl methyl sites for hydroxylation is 1. The van der Waals surface area contributed by atoms with Crippen molar-refractivity contribution in [2.75, 3.05) is 5.32 Å². The molecule has 144 valence electrons. The van der Waals surface area contributed by atoms with Gasteiger partial charge < -0.3 is 14.6 Å². The minimum absolute atomic E-state index is 0.0119. The van der Waals surface area contributed by atoms with Crippen molar-refractivity contribution in [3.63, 3.8) is 0 Å². The Labute approximate surface area is 169 Å². The topological polar surface area (TPSA) is 108 Å². The number of non-ortho nitro benzene ring substituents is 1. The van der Waals surface area contributed by atoms with Gasteiger partial charge in [-0.15, -0.1) is 0 Å². The van der Waals surface area contributed by atoms with E-state index in [9.17, 15) is 14.9 Å². The van der Waals surface area contributed by atoms with Gasteiger partial charge in [-0.2, -0.15) is 0 Å². The maximum absolute atomic E-state index is 12.6. The summed E-state index contributed by atoms with van der Waals surface area (Å²) in [7, 11) is 0. The smallest absolute Gasteiger partial charge is 0.278 e. The molecule has 28 heavy (non-hydrogen) atoms. The van der Waals surface area contributed by atoms with Crippen LogP contribution in [0.15, 0.2) is 47.0 Å². The number of anilines is 1. The van der Waals surface area contributed by atoms with Crippen molar-refractivity contribution in [1.29, 1.82) is 0 Å². The minimum Gasteiger partial charge on any atom is -0.489 e. The summed E-state index contributed by atoms with van der Waals surface area (Å²) in [6, 6.07) is 10.5. The second-order valence-corrected chi connectivity index (χ2v) is 6.53. The molecule has 0 aliphatic carbocycles. The number of nitro benzene ring substituents is 1. The van der Waals surface area contributed by atoms with Crippen molar-refractivity contribution in [3.8, 4) is 5.75 Å². The Bertz CT molecular complexity index is 1050. The van der Waals surface area contributed by atoms with Crippen LogP contribution in [0.25, 0.3) is 0 Å². The lowest BCUT2D eigenvalue weighted by atomic mass is 10.2. The van der Waals surface area contributed by atoms with Crippen LogP contribution in [0, 0.1) is 17.0 Å². The lowest BCUT2D eigenvalue weighted by Crippen LogP contribution is -2.16. The van der Waals surface area contributed by atoms with E-state index < -0.39 is 10.8 Å². The first-order valence-electron chi connectivity index (χ1n) is 7.94. The van der Waals surface area contributed by atoms with E-state index in [4.69, 9.17) is 32.5 Å². The van der Waals surface area contributed by atoms with E-state index in [1.807, 2.05) is 0 Å². The third kappa shape index (κ3) is 4.41. The second kappa shape index (κ2) is 8.28. The fourth-order valence-electron chi connectivity index (χ4n) is 2.36. The summed E-state index contributed by atoms with van der Waals surface area (Å²) in [5.41, 5.74) is 0.296. The van der Waals surface area contributed by atoms with Crippen molar-refractivity contribution < 1.29 is 19.0 Å². The Morgan fingerprint density at radius 3 is 2.79 bits per heavy atom. The molecule has 0 unspecified atom stereocenters. The number of halogens is 2. The molecule has 0 aliphatic heterocycles. The summed E-state index contributed by atoms with van der Waals surface area (Å²) in [6.07, 6.45) is 0. The Hall–Kier alpha value is -3.10. The van der Waals surface area contributed by atoms with Crippen LogP contribution in [0.2, 0.25) is 10.0 Å². The van der Waals surface area contributed by atoms with Crippen LogP contribution < -0.4 is 10.1 Å². The lowest BCUT2D eigenvalue weighted by Gasteiger charge is -2.08. The van der Waals surface area contributed by atoms with Gasteiger partial charge in [0.2, 0.25) is 0 Å². The minimum atomic E-state index is -0.635. The molecule has 0 aliphatic rings. The van der Waals surface area contributed by atoms with E-state index >= 15 is 0 Å². The normalized spacial score (nSPS) is 10.5. The fourth-order valence-corrected chi connectivity index (χ4v) is 2.70. The van der Waals surface area contributed by atoms with Crippen LogP contribution >= 0.6 is 23.2 Å². The van der Waals surface area contributed by atoms with Crippen LogP contribution in [-0.2, 0) is 6.61 Å². The molecule has 1 heterocycles. The Kier molecular flexibility index (Phi) is 5.81. The largest absolute Gasteiger partial charge is 0.489 e. The predicted molar refractivity (Wildman–Crippen MR) is 103 cm³/mol. The maximum atomic E-state index is 12.6. The molecule has 0 bridgehead atoms. The van der Waals surface area contributed by atoms with E-state index in [1.54, 1.807) is 31.2 Å². The number of nitrogens with one attached hydrogen (secondary N) is 1. The highest BCUT2D eigenvalue weighted by molar-refractivity contribution is 6.34. The van der Waals surface area contributed by atoms with Gasteiger partial charge >= 0.3 is 0 Å². The van der Waals surface area contributed by atoms with Gasteiger partial charge in [0.15, 0.2) is 5.69 Å². The van der Waals surface area contributed by atoms with Crippen LogP contribution in [-0.4, -0.2) is 16.0 Å². The molecule has 2 aromatic carbocycles. The van der Waals surface area contributed by atoms with Gasteiger partial charge in [-0.05, 0) is 31.2 Å². The average Bonchev–Trinajstić information content (AvgIpc) is 3.02. The number of carbonyl (C=O) groups is 1. The first-order valence-corrected chi connectivity index (χ1v) is 8.69. The lowest BCUT2D eigenvalue weighted by molar-refractivity contribution is -0.384. The zero-order valence-corrected chi connectivity index (χ0v) is 16.0. The maximum Gasteiger partial charge on any atom is 0.278 e. The van der Waals surface area contributed by atoms with Crippen molar-refractivity contribution in [3.05, 3.63) is 79.6 Å². The summed E-state index contributed by atoms with van der Waals surface area (Å²) in [6.45, 7) is 1.65.